The Morgan fingerprint density at radius 3 is 1.44 bits per heavy atom. The second-order valence-electron chi connectivity index (χ2n) is 15.2. The first-order chi connectivity index (χ1) is 28.9. The van der Waals surface area contributed by atoms with Crippen LogP contribution in [0.4, 0.5) is 0 Å². The molecule has 2 unspecified atom stereocenters. The number of benzene rings is 4. The smallest absolute Gasteiger partial charge is 0.400 e. The molecule has 0 fully saturated rings. The van der Waals surface area contributed by atoms with Gasteiger partial charge in [-0.05, 0) is 56.3 Å². The van der Waals surface area contributed by atoms with Crippen LogP contribution in [0.3, 0.4) is 0 Å². The fraction of sp³-hybridized carbons (Fsp3) is 0.176. The van der Waals surface area contributed by atoms with Crippen molar-refractivity contribution in [2.45, 2.75) is 58.5 Å². The molecule has 0 spiro atoms. The Bertz CT molecular complexity index is 2530. The topological polar surface area (TPSA) is 85.1 Å². The number of aryl methyl sites for hydroxylation is 2. The first-order valence-electron chi connectivity index (χ1n) is 20.3. The van der Waals surface area contributed by atoms with Gasteiger partial charge in [-0.25, -0.2) is 18.7 Å². The summed E-state index contributed by atoms with van der Waals surface area (Å²) >= 11 is 0. The molecule has 0 saturated heterocycles. The molecule has 2 atom stereocenters. The van der Waals surface area contributed by atoms with E-state index >= 15 is 0 Å². The Kier molecular flexibility index (Phi) is 11.9. The highest BCUT2D eigenvalue weighted by molar-refractivity contribution is 5.87. The van der Waals surface area contributed by atoms with Crippen molar-refractivity contribution in [3.8, 4) is 22.3 Å². The average Bonchev–Trinajstić information content (AvgIpc) is 3.27. The SMILES string of the molecule is CC(N=C([O-])C[n+]1ccc(-c2cc[n+](CCC[n+]3ccc(-c4cc[n+](CC(O)=[NH+]C(C)c5cccc6ccccc56)cc4)cc3)cc2)cc1)c1cccc2ccccc12. The van der Waals surface area contributed by atoms with Gasteiger partial charge < -0.3 is 10.2 Å². The minimum atomic E-state index is -0.217. The van der Waals surface area contributed by atoms with Crippen LogP contribution in [0.2, 0.25) is 0 Å². The summed E-state index contributed by atoms with van der Waals surface area (Å²) < 4.78 is 8.29. The van der Waals surface area contributed by atoms with E-state index in [2.05, 4.69) is 142 Å². The third kappa shape index (κ3) is 9.57. The Morgan fingerprint density at radius 2 is 0.932 bits per heavy atom. The second kappa shape index (κ2) is 18.0. The van der Waals surface area contributed by atoms with E-state index in [1.165, 1.54) is 10.8 Å². The largest absolute Gasteiger partial charge is 0.858 e. The molecule has 0 amide bonds. The van der Waals surface area contributed by atoms with Crippen LogP contribution in [0.25, 0.3) is 43.8 Å². The molecule has 4 aromatic carbocycles. The molecule has 8 heteroatoms. The van der Waals surface area contributed by atoms with Gasteiger partial charge in [0.1, 0.15) is 0 Å². The van der Waals surface area contributed by atoms with E-state index in [9.17, 15) is 10.2 Å². The highest BCUT2D eigenvalue weighted by Crippen LogP contribution is 2.26. The highest BCUT2D eigenvalue weighted by Gasteiger charge is 2.18. The molecular weight excluding hydrogens is 729 g/mol. The molecule has 2 N–H and O–H groups in total. The van der Waals surface area contributed by atoms with Gasteiger partial charge in [0.05, 0.1) is 12.5 Å². The monoisotopic (exact) mass is 778 g/mol. The van der Waals surface area contributed by atoms with Crippen LogP contribution in [0.5, 0.6) is 0 Å². The number of aliphatic imine (C=N–C) groups is 1. The number of hydrogen-bond acceptors (Lipinski definition) is 2. The summed E-state index contributed by atoms with van der Waals surface area (Å²) in [6.07, 6.45) is 17.4. The van der Waals surface area contributed by atoms with E-state index in [1.807, 2.05) is 83.3 Å². The summed E-state index contributed by atoms with van der Waals surface area (Å²) in [6, 6.07) is 45.6. The van der Waals surface area contributed by atoms with Gasteiger partial charge in [-0.1, -0.05) is 84.9 Å². The minimum Gasteiger partial charge on any atom is -0.858 e. The quantitative estimate of drug-likeness (QED) is 0.0821. The summed E-state index contributed by atoms with van der Waals surface area (Å²) in [5.74, 6) is 0.0796. The molecule has 0 bridgehead atoms. The number of nitrogens with one attached hydrogen (secondary N) is 1. The Balaban J connectivity index is 0.796. The molecule has 8 aromatic rings. The predicted molar refractivity (Wildman–Crippen MR) is 230 cm³/mol. The van der Waals surface area contributed by atoms with Crippen molar-refractivity contribution in [2.24, 2.45) is 4.99 Å². The average molecular weight is 779 g/mol. The third-order valence-electron chi connectivity index (χ3n) is 11.0. The van der Waals surface area contributed by atoms with E-state index < -0.39 is 0 Å². The van der Waals surface area contributed by atoms with Gasteiger partial charge >= 0.3 is 5.90 Å². The van der Waals surface area contributed by atoms with Crippen molar-refractivity contribution >= 4 is 33.3 Å². The lowest BCUT2D eigenvalue weighted by Crippen LogP contribution is -2.75. The first-order valence-corrected chi connectivity index (χ1v) is 20.3. The van der Waals surface area contributed by atoms with E-state index in [1.54, 1.807) is 0 Å². The Labute approximate surface area is 345 Å². The molecule has 0 aliphatic rings. The Hall–Kier alpha value is -7.06. The lowest BCUT2D eigenvalue weighted by Gasteiger charge is -2.15. The van der Waals surface area contributed by atoms with Gasteiger partial charge in [-0.15, -0.1) is 0 Å². The van der Waals surface area contributed by atoms with E-state index in [0.29, 0.717) is 6.54 Å². The highest BCUT2D eigenvalue weighted by atomic mass is 16.3. The fourth-order valence-corrected chi connectivity index (χ4v) is 7.82. The van der Waals surface area contributed by atoms with Crippen LogP contribution in [-0.4, -0.2) is 16.9 Å². The first kappa shape index (κ1) is 38.8. The summed E-state index contributed by atoms with van der Waals surface area (Å²) in [5.41, 5.74) is 6.72. The number of aliphatic hydroxyl groups is 1. The number of pyridine rings is 4. The van der Waals surface area contributed by atoms with E-state index in [-0.39, 0.29) is 30.4 Å². The molecule has 0 radical (unpaired) electrons. The van der Waals surface area contributed by atoms with Crippen molar-refractivity contribution in [1.29, 1.82) is 0 Å². The van der Waals surface area contributed by atoms with Crippen molar-refractivity contribution in [1.82, 2.24) is 0 Å². The van der Waals surface area contributed by atoms with Gasteiger partial charge in [0.2, 0.25) is 0 Å². The van der Waals surface area contributed by atoms with Gasteiger partial charge in [0, 0.05) is 66.9 Å². The maximum Gasteiger partial charge on any atom is 0.400 e. The third-order valence-corrected chi connectivity index (χ3v) is 11.0. The zero-order chi connectivity index (χ0) is 40.6. The number of aromatic nitrogens is 4. The van der Waals surface area contributed by atoms with Crippen LogP contribution in [0.15, 0.2) is 188 Å². The van der Waals surface area contributed by atoms with Crippen LogP contribution < -0.4 is 28.4 Å². The maximum absolute atomic E-state index is 12.9. The van der Waals surface area contributed by atoms with E-state index in [4.69, 9.17) is 0 Å². The van der Waals surface area contributed by atoms with Crippen LogP contribution in [0, 0.1) is 0 Å². The van der Waals surface area contributed by atoms with Gasteiger partial charge in [-0.3, -0.25) is 4.99 Å². The standard InChI is InChI=1S/C51H48N6O2/c1-38(46-16-7-12-44-10-3-5-14-48(44)46)52-50(58)36-56-32-22-42(23-33-56)40-18-28-54(29-19-40)26-9-27-55-30-20-41(21-31-55)43-24-34-57(35-25-43)37-51(59)53-39(2)47-17-8-13-45-11-4-6-15-49(45)47/h3-8,10-25,28-35,38-39H,9,26-27,36-37H2,1-2H3/q+2/p+2. The van der Waals surface area contributed by atoms with Gasteiger partial charge in [0.15, 0.2) is 75.3 Å². The summed E-state index contributed by atoms with van der Waals surface area (Å²) in [4.78, 5) is 7.77. The van der Waals surface area contributed by atoms with Crippen molar-refractivity contribution in [2.75, 3.05) is 0 Å². The molecule has 4 heterocycles. The fourth-order valence-electron chi connectivity index (χ4n) is 7.82. The molecule has 0 aliphatic carbocycles. The molecule has 0 saturated carbocycles. The lowest BCUT2D eigenvalue weighted by molar-refractivity contribution is -0.726. The normalized spacial score (nSPS) is 13.1. The van der Waals surface area contributed by atoms with Gasteiger partial charge in [0.25, 0.3) is 6.54 Å². The zero-order valence-electron chi connectivity index (χ0n) is 33.6. The summed E-state index contributed by atoms with van der Waals surface area (Å²) in [7, 11) is 0. The van der Waals surface area contributed by atoms with Crippen molar-refractivity contribution < 1.29 is 33.5 Å². The number of rotatable bonds is 14. The van der Waals surface area contributed by atoms with Gasteiger partial charge in [-0.2, -0.15) is 4.57 Å². The molecule has 59 heavy (non-hydrogen) atoms. The molecule has 0 aliphatic heterocycles. The molecule has 8 nitrogen and oxygen atoms in total. The summed E-state index contributed by atoms with van der Waals surface area (Å²) in [5, 5.41) is 28.3. The molecule has 4 aromatic heterocycles. The number of aliphatic hydroxyl groups excluding tert-OH is 1. The lowest BCUT2D eigenvalue weighted by atomic mass is 10.00. The summed E-state index contributed by atoms with van der Waals surface area (Å²) in [6.45, 7) is 6.44. The number of fused-ring (bicyclic) bond motifs is 2. The minimum absolute atomic E-state index is 0.0319. The molecular formula is C51H50N6O2+4. The van der Waals surface area contributed by atoms with Crippen molar-refractivity contribution in [3.05, 3.63) is 194 Å². The van der Waals surface area contributed by atoms with Crippen LogP contribution >= 0.6 is 0 Å². The van der Waals surface area contributed by atoms with Crippen molar-refractivity contribution in [3.63, 3.8) is 0 Å². The predicted octanol–water partition coefficient (Wildman–Crippen LogP) is 5.89. The molecule has 8 rings (SSSR count). The molecule has 292 valence electrons. The van der Waals surface area contributed by atoms with E-state index in [0.717, 1.165) is 63.7 Å². The maximum atomic E-state index is 12.9. The second-order valence-corrected chi connectivity index (χ2v) is 15.2. The number of nitrogens with zero attached hydrogens (tertiary/aromatic N) is 5. The zero-order valence-corrected chi connectivity index (χ0v) is 33.6. The number of hydrogen-bond donors (Lipinski definition) is 2. The van der Waals surface area contributed by atoms with Crippen LogP contribution in [0.1, 0.15) is 43.5 Å². The Morgan fingerprint density at radius 1 is 0.525 bits per heavy atom. The van der Waals surface area contributed by atoms with Crippen LogP contribution in [-0.2, 0) is 26.2 Å².